The molecule has 6 heteroatoms. The van der Waals surface area contributed by atoms with Crippen LogP contribution < -0.4 is 4.74 Å². The summed E-state index contributed by atoms with van der Waals surface area (Å²) in [5.74, 6) is 0.790. The predicted molar refractivity (Wildman–Crippen MR) is 93.1 cm³/mol. The highest BCUT2D eigenvalue weighted by atomic mass is 19.1. The second-order valence-electron chi connectivity index (χ2n) is 6.37. The number of allylic oxidation sites excluding steroid dienone is 1. The minimum atomic E-state index is -0.681. The minimum Gasteiger partial charge on any atom is -0.494 e. The number of ketones is 1. The number of aromatic nitrogens is 1. The third-order valence-corrected chi connectivity index (χ3v) is 4.88. The Bertz CT molecular complexity index is 996. The van der Waals surface area contributed by atoms with E-state index in [-0.39, 0.29) is 42.0 Å². The molecule has 4 rings (SSSR count). The van der Waals surface area contributed by atoms with Crippen LogP contribution in [0.25, 0.3) is 11.8 Å². The van der Waals surface area contributed by atoms with E-state index in [1.54, 1.807) is 6.08 Å². The lowest BCUT2D eigenvalue weighted by Crippen LogP contribution is -2.26. The van der Waals surface area contributed by atoms with Crippen LogP contribution >= 0.6 is 0 Å². The number of fused-ring (bicyclic) bond motifs is 2. The SMILES string of the molecule is C#CCC1C(=O)COc2cc(F)c(-n3c(O)c4c(c3O)CCC=C4)cc21. The Labute approximate surface area is 149 Å². The van der Waals surface area contributed by atoms with Crippen molar-refractivity contribution in [3.63, 3.8) is 0 Å². The van der Waals surface area contributed by atoms with Crippen molar-refractivity contribution in [3.8, 4) is 35.5 Å². The molecule has 2 heterocycles. The first-order valence-corrected chi connectivity index (χ1v) is 8.27. The maximum absolute atomic E-state index is 14.7. The number of halogens is 1. The molecule has 1 aromatic heterocycles. The van der Waals surface area contributed by atoms with Gasteiger partial charge in [0.2, 0.25) is 11.8 Å². The zero-order valence-electron chi connectivity index (χ0n) is 13.8. The second kappa shape index (κ2) is 5.95. The van der Waals surface area contributed by atoms with Crippen LogP contribution in [0.3, 0.4) is 0 Å². The smallest absolute Gasteiger partial charge is 0.206 e. The van der Waals surface area contributed by atoms with Gasteiger partial charge in [-0.05, 0) is 18.9 Å². The molecule has 1 aromatic carbocycles. The van der Waals surface area contributed by atoms with Gasteiger partial charge in [-0.3, -0.25) is 4.79 Å². The summed E-state index contributed by atoms with van der Waals surface area (Å²) < 4.78 is 21.1. The number of aromatic hydroxyl groups is 2. The van der Waals surface area contributed by atoms with Crippen molar-refractivity contribution < 1.29 is 24.1 Å². The van der Waals surface area contributed by atoms with Gasteiger partial charge in [0.1, 0.15) is 12.4 Å². The summed E-state index contributed by atoms with van der Waals surface area (Å²) in [5, 5.41) is 21.0. The van der Waals surface area contributed by atoms with Gasteiger partial charge >= 0.3 is 0 Å². The average molecular weight is 353 g/mol. The third kappa shape index (κ3) is 2.28. The maximum Gasteiger partial charge on any atom is 0.206 e. The number of carbonyl (C=O) groups is 1. The van der Waals surface area contributed by atoms with E-state index in [0.29, 0.717) is 23.1 Å². The first kappa shape index (κ1) is 16.3. The molecule has 5 nitrogen and oxygen atoms in total. The molecule has 0 saturated heterocycles. The minimum absolute atomic E-state index is 0.0538. The summed E-state index contributed by atoms with van der Waals surface area (Å²) >= 11 is 0. The number of nitrogens with zero attached hydrogens (tertiary/aromatic N) is 1. The molecule has 26 heavy (non-hydrogen) atoms. The first-order chi connectivity index (χ1) is 12.5. The molecule has 0 saturated carbocycles. The molecule has 1 aliphatic heterocycles. The zero-order chi connectivity index (χ0) is 18.4. The monoisotopic (exact) mass is 353 g/mol. The van der Waals surface area contributed by atoms with E-state index in [1.807, 2.05) is 6.08 Å². The number of ether oxygens (including phenoxy) is 1. The van der Waals surface area contributed by atoms with E-state index < -0.39 is 11.7 Å². The Morgan fingerprint density at radius 1 is 1.35 bits per heavy atom. The molecule has 2 aromatic rings. The van der Waals surface area contributed by atoms with Crippen LogP contribution in [0.5, 0.6) is 17.5 Å². The number of hydrogen-bond donors (Lipinski definition) is 2. The number of terminal acetylenes is 1. The van der Waals surface area contributed by atoms with Crippen molar-refractivity contribution in [1.29, 1.82) is 0 Å². The number of Topliss-reactive ketones (excluding diaryl/α,β-unsaturated/α-hetero) is 1. The van der Waals surface area contributed by atoms with Crippen LogP contribution in [0.4, 0.5) is 4.39 Å². The standard InChI is InChI=1S/C20H16FNO4/c1-2-5-11-14-8-16(15(21)9-18(14)26-10-17(11)23)22-19(24)12-6-3-4-7-13(12)20(22)25/h1,3,6,8-9,11,24-25H,4-5,7,10H2. The van der Waals surface area contributed by atoms with E-state index in [0.717, 1.165) is 17.1 Å². The summed E-state index contributed by atoms with van der Waals surface area (Å²) in [6, 6.07) is 2.58. The predicted octanol–water partition coefficient (Wildman–Crippen LogP) is 3.06. The van der Waals surface area contributed by atoms with Crippen molar-refractivity contribution in [1.82, 2.24) is 4.57 Å². The number of hydrogen-bond acceptors (Lipinski definition) is 4. The quantitative estimate of drug-likeness (QED) is 0.814. The van der Waals surface area contributed by atoms with Gasteiger partial charge in [0.25, 0.3) is 0 Å². The molecule has 1 atom stereocenters. The number of rotatable bonds is 2. The van der Waals surface area contributed by atoms with Gasteiger partial charge in [-0.25, -0.2) is 8.96 Å². The summed E-state index contributed by atoms with van der Waals surface area (Å²) in [4.78, 5) is 12.1. The lowest BCUT2D eigenvalue weighted by Gasteiger charge is -2.24. The van der Waals surface area contributed by atoms with E-state index >= 15 is 0 Å². The fourth-order valence-electron chi connectivity index (χ4n) is 3.58. The molecular formula is C20H16FNO4. The van der Waals surface area contributed by atoms with Gasteiger partial charge in [0.05, 0.1) is 11.6 Å². The Morgan fingerprint density at radius 3 is 2.88 bits per heavy atom. The van der Waals surface area contributed by atoms with E-state index in [9.17, 15) is 19.4 Å². The van der Waals surface area contributed by atoms with E-state index in [1.165, 1.54) is 6.07 Å². The molecular weight excluding hydrogens is 337 g/mol. The average Bonchev–Trinajstić information content (AvgIpc) is 2.89. The maximum atomic E-state index is 14.7. The highest BCUT2D eigenvalue weighted by Gasteiger charge is 2.32. The molecule has 1 unspecified atom stereocenters. The molecule has 0 amide bonds. The van der Waals surface area contributed by atoms with Crippen molar-refractivity contribution in [3.05, 3.63) is 40.7 Å². The van der Waals surface area contributed by atoms with E-state index in [4.69, 9.17) is 11.2 Å². The van der Waals surface area contributed by atoms with Crippen LogP contribution in [-0.4, -0.2) is 27.2 Å². The van der Waals surface area contributed by atoms with Crippen molar-refractivity contribution in [2.75, 3.05) is 6.61 Å². The third-order valence-electron chi connectivity index (χ3n) is 4.88. The Hall–Kier alpha value is -3.20. The van der Waals surface area contributed by atoms with Gasteiger partial charge in [-0.1, -0.05) is 12.2 Å². The van der Waals surface area contributed by atoms with Gasteiger partial charge < -0.3 is 14.9 Å². The van der Waals surface area contributed by atoms with Gasteiger partial charge in [0, 0.05) is 29.2 Å². The van der Waals surface area contributed by atoms with Gasteiger partial charge in [0.15, 0.2) is 11.6 Å². The summed E-state index contributed by atoms with van der Waals surface area (Å²) in [6.07, 6.45) is 10.4. The summed E-state index contributed by atoms with van der Waals surface area (Å²) in [6.45, 7) is -0.156. The fourth-order valence-corrected chi connectivity index (χ4v) is 3.58. The van der Waals surface area contributed by atoms with Crippen LogP contribution in [0.1, 0.15) is 35.4 Å². The number of benzene rings is 1. The summed E-state index contributed by atoms with van der Waals surface area (Å²) in [7, 11) is 0. The Kier molecular flexibility index (Phi) is 3.73. The summed E-state index contributed by atoms with van der Waals surface area (Å²) in [5.41, 5.74) is 1.44. The normalized spacial score (nSPS) is 18.0. The molecule has 2 N–H and O–H groups in total. The topological polar surface area (TPSA) is 71.7 Å². The Balaban J connectivity index is 1.92. The first-order valence-electron chi connectivity index (χ1n) is 8.27. The van der Waals surface area contributed by atoms with Gasteiger partial charge in [-0.15, -0.1) is 12.3 Å². The lowest BCUT2D eigenvalue weighted by molar-refractivity contribution is -0.123. The van der Waals surface area contributed by atoms with Crippen molar-refractivity contribution in [2.45, 2.75) is 25.2 Å². The zero-order valence-corrected chi connectivity index (χ0v) is 13.8. The van der Waals surface area contributed by atoms with E-state index in [2.05, 4.69) is 5.92 Å². The molecule has 1 aliphatic carbocycles. The molecule has 132 valence electrons. The molecule has 0 bridgehead atoms. The largest absolute Gasteiger partial charge is 0.494 e. The molecule has 0 radical (unpaired) electrons. The highest BCUT2D eigenvalue weighted by Crippen LogP contribution is 2.43. The van der Waals surface area contributed by atoms with Crippen LogP contribution in [-0.2, 0) is 11.2 Å². The Morgan fingerprint density at radius 2 is 2.15 bits per heavy atom. The van der Waals surface area contributed by atoms with Crippen LogP contribution in [0, 0.1) is 18.2 Å². The van der Waals surface area contributed by atoms with Crippen LogP contribution in [0.2, 0.25) is 0 Å². The molecule has 0 fully saturated rings. The lowest BCUT2D eigenvalue weighted by atomic mass is 9.89. The fraction of sp³-hybridized carbons (Fsp3) is 0.250. The molecule has 2 aliphatic rings. The van der Waals surface area contributed by atoms with Gasteiger partial charge in [-0.2, -0.15) is 0 Å². The number of carbonyl (C=O) groups excluding carboxylic acids is 1. The highest BCUT2D eigenvalue weighted by molar-refractivity contribution is 5.90. The van der Waals surface area contributed by atoms with Crippen LogP contribution in [0.15, 0.2) is 18.2 Å². The molecule has 0 spiro atoms. The van der Waals surface area contributed by atoms with Crippen molar-refractivity contribution >= 4 is 11.9 Å². The second-order valence-corrected chi connectivity index (χ2v) is 6.37. The van der Waals surface area contributed by atoms with Crippen molar-refractivity contribution in [2.24, 2.45) is 0 Å².